The van der Waals surface area contributed by atoms with Gasteiger partial charge in [-0.1, -0.05) is 11.9 Å². The van der Waals surface area contributed by atoms with Crippen molar-refractivity contribution in [3.8, 4) is 0 Å². The maximum absolute atomic E-state index is 5.34. The molecule has 0 aromatic heterocycles. The zero-order valence-electron chi connectivity index (χ0n) is 4.82. The molecule has 0 aliphatic carbocycles. The SMILES string of the molecule is COCCNSCCl. The van der Waals surface area contributed by atoms with E-state index in [0.717, 1.165) is 13.2 Å². The number of alkyl halides is 1. The average Bonchev–Trinajstić information content (AvgIpc) is 1.81. The molecule has 0 radical (unpaired) electrons. The van der Waals surface area contributed by atoms with E-state index in [1.165, 1.54) is 11.9 Å². The summed E-state index contributed by atoms with van der Waals surface area (Å²) in [6, 6.07) is 0. The predicted octanol–water partition coefficient (Wildman–Crippen LogP) is 1.07. The van der Waals surface area contributed by atoms with Gasteiger partial charge in [-0.05, 0) is 0 Å². The molecule has 0 aromatic rings. The Hall–Kier alpha value is 0.560. The van der Waals surface area contributed by atoms with Crippen molar-refractivity contribution in [1.29, 1.82) is 0 Å². The van der Waals surface area contributed by atoms with Crippen LogP contribution in [0.25, 0.3) is 0 Å². The second-order valence-corrected chi connectivity index (χ2v) is 2.59. The minimum atomic E-state index is 0.587. The van der Waals surface area contributed by atoms with Crippen molar-refractivity contribution in [2.45, 2.75) is 0 Å². The molecule has 0 bridgehead atoms. The second-order valence-electron chi connectivity index (χ2n) is 1.14. The first kappa shape index (κ1) is 8.56. The van der Waals surface area contributed by atoms with Crippen LogP contribution in [0, 0.1) is 0 Å². The molecule has 0 unspecified atom stereocenters. The lowest BCUT2D eigenvalue weighted by Crippen LogP contribution is -2.10. The molecular formula is C4H10ClNOS. The Morgan fingerprint density at radius 1 is 1.75 bits per heavy atom. The Kier molecular flexibility index (Phi) is 8.09. The van der Waals surface area contributed by atoms with Gasteiger partial charge < -0.3 is 4.74 Å². The number of methoxy groups -OCH3 is 1. The van der Waals surface area contributed by atoms with Crippen LogP contribution in [-0.2, 0) is 4.74 Å². The van der Waals surface area contributed by atoms with Crippen LogP contribution in [-0.4, -0.2) is 25.5 Å². The number of hydrogen-bond acceptors (Lipinski definition) is 3. The predicted molar refractivity (Wildman–Crippen MR) is 38.2 cm³/mol. The minimum absolute atomic E-state index is 0.587. The van der Waals surface area contributed by atoms with E-state index in [1.54, 1.807) is 7.11 Å². The zero-order valence-corrected chi connectivity index (χ0v) is 6.39. The van der Waals surface area contributed by atoms with Gasteiger partial charge in [0.2, 0.25) is 0 Å². The fourth-order valence-electron chi connectivity index (χ4n) is 0.254. The summed E-state index contributed by atoms with van der Waals surface area (Å²) in [4.78, 5) is 0. The lowest BCUT2D eigenvalue weighted by atomic mass is 10.7. The number of nitrogens with one attached hydrogen (secondary N) is 1. The van der Waals surface area contributed by atoms with Gasteiger partial charge in [-0.25, -0.2) is 0 Å². The van der Waals surface area contributed by atoms with Crippen LogP contribution in [0.5, 0.6) is 0 Å². The van der Waals surface area contributed by atoms with E-state index in [2.05, 4.69) is 4.72 Å². The fourth-order valence-corrected chi connectivity index (χ4v) is 0.791. The molecule has 0 heterocycles. The third-order valence-corrected chi connectivity index (χ3v) is 1.41. The maximum Gasteiger partial charge on any atom is 0.0825 e. The summed E-state index contributed by atoms with van der Waals surface area (Å²) in [6.07, 6.45) is 0. The van der Waals surface area contributed by atoms with E-state index >= 15 is 0 Å². The highest BCUT2D eigenvalue weighted by molar-refractivity contribution is 7.98. The monoisotopic (exact) mass is 155 g/mol. The summed E-state index contributed by atoms with van der Waals surface area (Å²) < 4.78 is 7.77. The molecule has 0 rings (SSSR count). The molecule has 2 nitrogen and oxygen atoms in total. The van der Waals surface area contributed by atoms with Crippen LogP contribution in [0.15, 0.2) is 0 Å². The lowest BCUT2D eigenvalue weighted by molar-refractivity contribution is 0.205. The van der Waals surface area contributed by atoms with Crippen molar-refractivity contribution in [2.24, 2.45) is 0 Å². The Morgan fingerprint density at radius 3 is 3.00 bits per heavy atom. The van der Waals surface area contributed by atoms with E-state index in [9.17, 15) is 0 Å². The molecule has 0 saturated heterocycles. The number of rotatable bonds is 5. The van der Waals surface area contributed by atoms with Crippen molar-refractivity contribution in [2.75, 3.05) is 25.5 Å². The maximum atomic E-state index is 5.34. The second kappa shape index (κ2) is 7.56. The van der Waals surface area contributed by atoms with Crippen LogP contribution >= 0.6 is 23.5 Å². The summed E-state index contributed by atoms with van der Waals surface area (Å²) in [6.45, 7) is 1.60. The summed E-state index contributed by atoms with van der Waals surface area (Å²) >= 11 is 6.82. The zero-order chi connectivity index (χ0) is 6.24. The normalized spacial score (nSPS) is 9.75. The Balaban J connectivity index is 2.53. The Morgan fingerprint density at radius 2 is 2.50 bits per heavy atom. The summed E-state index contributed by atoms with van der Waals surface area (Å²) in [5, 5.41) is 0.587. The van der Waals surface area contributed by atoms with E-state index < -0.39 is 0 Å². The van der Waals surface area contributed by atoms with Crippen molar-refractivity contribution >= 4 is 23.5 Å². The van der Waals surface area contributed by atoms with Gasteiger partial charge in [0, 0.05) is 13.7 Å². The standard InChI is InChI=1S/C4H10ClNOS/c1-7-3-2-6-8-4-5/h6H,2-4H2,1H3. The van der Waals surface area contributed by atoms with E-state index in [1.807, 2.05) is 0 Å². The molecular weight excluding hydrogens is 146 g/mol. The molecule has 0 saturated carbocycles. The number of hydrogen-bond donors (Lipinski definition) is 1. The Labute approximate surface area is 59.1 Å². The van der Waals surface area contributed by atoms with E-state index in [-0.39, 0.29) is 0 Å². The molecule has 0 aromatic carbocycles. The highest BCUT2D eigenvalue weighted by atomic mass is 35.5. The molecule has 8 heavy (non-hydrogen) atoms. The van der Waals surface area contributed by atoms with Gasteiger partial charge in [0.1, 0.15) is 0 Å². The van der Waals surface area contributed by atoms with Gasteiger partial charge in [-0.2, -0.15) is 0 Å². The first-order chi connectivity index (χ1) is 3.91. The minimum Gasteiger partial charge on any atom is -0.383 e. The molecule has 4 heteroatoms. The number of halogens is 1. The molecule has 50 valence electrons. The van der Waals surface area contributed by atoms with Crippen LogP contribution in [0.1, 0.15) is 0 Å². The van der Waals surface area contributed by atoms with Gasteiger partial charge in [0.15, 0.2) is 0 Å². The van der Waals surface area contributed by atoms with Gasteiger partial charge in [0.05, 0.1) is 11.8 Å². The van der Waals surface area contributed by atoms with Crippen LogP contribution in [0.2, 0.25) is 0 Å². The smallest absolute Gasteiger partial charge is 0.0825 e. The molecule has 0 aliphatic heterocycles. The first-order valence-electron chi connectivity index (χ1n) is 2.31. The van der Waals surface area contributed by atoms with Crippen molar-refractivity contribution < 1.29 is 4.74 Å². The highest BCUT2D eigenvalue weighted by Gasteiger charge is 1.81. The van der Waals surface area contributed by atoms with Crippen LogP contribution < -0.4 is 4.72 Å². The van der Waals surface area contributed by atoms with Gasteiger partial charge in [-0.3, -0.25) is 4.72 Å². The van der Waals surface area contributed by atoms with Crippen LogP contribution in [0.4, 0.5) is 0 Å². The van der Waals surface area contributed by atoms with Gasteiger partial charge in [0.25, 0.3) is 0 Å². The lowest BCUT2D eigenvalue weighted by Gasteiger charge is -1.97. The first-order valence-corrected chi connectivity index (χ1v) is 3.83. The van der Waals surface area contributed by atoms with Crippen LogP contribution in [0.3, 0.4) is 0 Å². The van der Waals surface area contributed by atoms with Crippen molar-refractivity contribution in [3.63, 3.8) is 0 Å². The molecule has 0 amide bonds. The topological polar surface area (TPSA) is 21.3 Å². The molecule has 1 N–H and O–H groups in total. The molecule has 0 atom stereocenters. The third kappa shape index (κ3) is 6.56. The third-order valence-electron chi connectivity index (χ3n) is 0.565. The van der Waals surface area contributed by atoms with E-state index in [0.29, 0.717) is 5.21 Å². The highest BCUT2D eigenvalue weighted by Crippen LogP contribution is 1.93. The molecule has 0 spiro atoms. The molecule has 0 aliphatic rings. The average molecular weight is 156 g/mol. The van der Waals surface area contributed by atoms with Crippen molar-refractivity contribution in [3.05, 3.63) is 0 Å². The van der Waals surface area contributed by atoms with Gasteiger partial charge >= 0.3 is 0 Å². The quantitative estimate of drug-likeness (QED) is 0.365. The summed E-state index contributed by atoms with van der Waals surface area (Å²) in [7, 11) is 1.67. The summed E-state index contributed by atoms with van der Waals surface area (Å²) in [5.41, 5.74) is 0. The summed E-state index contributed by atoms with van der Waals surface area (Å²) in [5.74, 6) is 0. The molecule has 0 fully saturated rings. The van der Waals surface area contributed by atoms with Crippen molar-refractivity contribution in [1.82, 2.24) is 4.72 Å². The largest absolute Gasteiger partial charge is 0.383 e. The Bertz CT molecular complexity index is 41.0. The van der Waals surface area contributed by atoms with Gasteiger partial charge in [-0.15, -0.1) is 11.6 Å². The van der Waals surface area contributed by atoms with E-state index in [4.69, 9.17) is 16.3 Å². The fraction of sp³-hybridized carbons (Fsp3) is 1.00. The number of ether oxygens (including phenoxy) is 1.